The fourth-order valence-corrected chi connectivity index (χ4v) is 2.42. The van der Waals surface area contributed by atoms with Crippen LogP contribution < -0.4 is 10.5 Å². The zero-order valence-corrected chi connectivity index (χ0v) is 13.9. The smallest absolute Gasteiger partial charge is 0.128 e. The molecule has 0 bridgehead atoms. The molecule has 0 atom stereocenters. The van der Waals surface area contributed by atoms with Gasteiger partial charge in [0.15, 0.2) is 0 Å². The minimum Gasteiger partial charge on any atom is -0.457 e. The maximum absolute atomic E-state index is 6.13. The predicted octanol–water partition coefficient (Wildman–Crippen LogP) is 5.06. The van der Waals surface area contributed by atoms with Crippen molar-refractivity contribution in [3.63, 3.8) is 0 Å². The first-order valence-electron chi connectivity index (χ1n) is 6.65. The molecule has 0 aliphatic carbocycles. The first-order valence-corrected chi connectivity index (χ1v) is 7.44. The van der Waals surface area contributed by atoms with Crippen molar-refractivity contribution in [3.8, 4) is 11.5 Å². The van der Waals surface area contributed by atoms with Crippen molar-refractivity contribution in [2.45, 2.75) is 26.2 Å². The number of thiocarbonyl (C=S) groups is 1. The molecule has 2 N–H and O–H groups in total. The number of rotatable bonds is 3. The van der Waals surface area contributed by atoms with E-state index in [2.05, 4.69) is 32.9 Å². The van der Waals surface area contributed by atoms with Crippen molar-refractivity contribution in [1.82, 2.24) is 0 Å². The van der Waals surface area contributed by atoms with Gasteiger partial charge in [-0.3, -0.25) is 0 Å². The second-order valence-electron chi connectivity index (χ2n) is 5.88. The molecule has 0 amide bonds. The number of nitrogens with two attached hydrogens (primary N) is 1. The summed E-state index contributed by atoms with van der Waals surface area (Å²) >= 11 is 11.1. The summed E-state index contributed by atoms with van der Waals surface area (Å²) in [5, 5.41) is 0.492. The van der Waals surface area contributed by atoms with E-state index < -0.39 is 0 Å². The molecule has 0 radical (unpaired) electrons. The number of hydrogen-bond acceptors (Lipinski definition) is 2. The zero-order valence-electron chi connectivity index (χ0n) is 12.3. The van der Waals surface area contributed by atoms with E-state index in [-0.39, 0.29) is 10.4 Å². The van der Waals surface area contributed by atoms with Crippen LogP contribution in [-0.2, 0) is 5.41 Å². The lowest BCUT2D eigenvalue weighted by molar-refractivity contribution is 0.481. The summed E-state index contributed by atoms with van der Waals surface area (Å²) in [5.41, 5.74) is 7.62. The van der Waals surface area contributed by atoms with Gasteiger partial charge in [0.25, 0.3) is 0 Å². The highest BCUT2D eigenvalue weighted by molar-refractivity contribution is 7.80. The third kappa shape index (κ3) is 3.96. The van der Waals surface area contributed by atoms with Gasteiger partial charge in [0.2, 0.25) is 0 Å². The highest BCUT2D eigenvalue weighted by atomic mass is 35.5. The Labute approximate surface area is 135 Å². The highest BCUT2D eigenvalue weighted by Crippen LogP contribution is 2.29. The van der Waals surface area contributed by atoms with Gasteiger partial charge >= 0.3 is 0 Å². The summed E-state index contributed by atoms with van der Waals surface area (Å²) in [4.78, 5) is 0.279. The Kier molecular flexibility index (Phi) is 4.55. The molecule has 110 valence electrons. The van der Waals surface area contributed by atoms with E-state index >= 15 is 0 Å². The molecule has 2 aromatic rings. The second-order valence-corrected chi connectivity index (χ2v) is 6.73. The van der Waals surface area contributed by atoms with E-state index in [0.717, 1.165) is 5.75 Å². The van der Waals surface area contributed by atoms with Crippen LogP contribution in [0.3, 0.4) is 0 Å². The minimum atomic E-state index is 0.125. The van der Waals surface area contributed by atoms with Crippen molar-refractivity contribution < 1.29 is 4.74 Å². The fourth-order valence-electron chi connectivity index (χ4n) is 1.92. The largest absolute Gasteiger partial charge is 0.457 e. The summed E-state index contributed by atoms with van der Waals surface area (Å²) in [6, 6.07) is 13.3. The molecule has 4 heteroatoms. The first kappa shape index (κ1) is 15.8. The van der Waals surface area contributed by atoms with Gasteiger partial charge in [-0.2, -0.15) is 0 Å². The highest BCUT2D eigenvalue weighted by Gasteiger charge is 2.13. The third-order valence-corrected chi connectivity index (χ3v) is 3.69. The summed E-state index contributed by atoms with van der Waals surface area (Å²) in [6.07, 6.45) is 0. The van der Waals surface area contributed by atoms with Crippen molar-refractivity contribution in [1.29, 1.82) is 0 Å². The van der Waals surface area contributed by atoms with Gasteiger partial charge in [-0.05, 0) is 35.2 Å². The van der Waals surface area contributed by atoms with Crippen LogP contribution in [0.5, 0.6) is 11.5 Å². The maximum Gasteiger partial charge on any atom is 0.128 e. The number of halogens is 1. The van der Waals surface area contributed by atoms with E-state index in [1.54, 1.807) is 18.2 Å². The monoisotopic (exact) mass is 319 g/mol. The second kappa shape index (κ2) is 6.04. The molecule has 0 spiro atoms. The zero-order chi connectivity index (χ0) is 15.6. The molecule has 0 aliphatic rings. The van der Waals surface area contributed by atoms with Crippen molar-refractivity contribution >= 4 is 28.8 Å². The molecule has 0 saturated carbocycles. The Balaban J connectivity index is 2.19. The van der Waals surface area contributed by atoms with Crippen LogP contribution in [0.2, 0.25) is 5.02 Å². The van der Waals surface area contributed by atoms with Crippen LogP contribution in [0, 0.1) is 0 Å². The molecule has 0 aromatic heterocycles. The molecule has 0 saturated heterocycles. The molecule has 0 aliphatic heterocycles. The van der Waals surface area contributed by atoms with Crippen molar-refractivity contribution in [2.75, 3.05) is 0 Å². The SMILES string of the molecule is CC(C)(C)c1ccc(Oc2ccc(C(N)=S)c(Cl)c2)cc1. The van der Waals surface area contributed by atoms with E-state index in [1.165, 1.54) is 5.56 Å². The lowest BCUT2D eigenvalue weighted by atomic mass is 9.87. The number of ether oxygens (including phenoxy) is 1. The van der Waals surface area contributed by atoms with Gasteiger partial charge in [-0.1, -0.05) is 56.7 Å². The van der Waals surface area contributed by atoms with Gasteiger partial charge in [0.05, 0.1) is 5.02 Å². The first-order chi connectivity index (χ1) is 9.77. The quantitative estimate of drug-likeness (QED) is 0.803. The average molecular weight is 320 g/mol. The molecule has 0 heterocycles. The third-order valence-electron chi connectivity index (χ3n) is 3.16. The van der Waals surface area contributed by atoms with Gasteiger partial charge < -0.3 is 10.5 Å². The molecule has 2 rings (SSSR count). The Morgan fingerprint density at radius 2 is 1.62 bits per heavy atom. The van der Waals surface area contributed by atoms with Gasteiger partial charge in [0, 0.05) is 11.6 Å². The topological polar surface area (TPSA) is 35.2 Å². The van der Waals surface area contributed by atoms with E-state index in [4.69, 9.17) is 34.3 Å². The van der Waals surface area contributed by atoms with Crippen LogP contribution in [0.4, 0.5) is 0 Å². The van der Waals surface area contributed by atoms with Crippen LogP contribution in [0.15, 0.2) is 42.5 Å². The van der Waals surface area contributed by atoms with Crippen LogP contribution >= 0.6 is 23.8 Å². The summed E-state index contributed by atoms with van der Waals surface area (Å²) in [6.45, 7) is 6.53. The molecule has 2 nitrogen and oxygen atoms in total. The van der Waals surface area contributed by atoms with Crippen LogP contribution in [-0.4, -0.2) is 4.99 Å². The molecular formula is C17H18ClNOS. The van der Waals surface area contributed by atoms with Crippen molar-refractivity contribution in [2.24, 2.45) is 5.73 Å². The summed E-state index contributed by atoms with van der Waals surface area (Å²) < 4.78 is 5.79. The van der Waals surface area contributed by atoms with E-state index in [0.29, 0.717) is 16.3 Å². The lowest BCUT2D eigenvalue weighted by Crippen LogP contribution is -2.10. The molecule has 21 heavy (non-hydrogen) atoms. The molecular weight excluding hydrogens is 302 g/mol. The summed E-state index contributed by atoms with van der Waals surface area (Å²) in [5.74, 6) is 1.42. The van der Waals surface area contributed by atoms with Gasteiger partial charge in [-0.25, -0.2) is 0 Å². The average Bonchev–Trinajstić information content (AvgIpc) is 2.38. The van der Waals surface area contributed by atoms with Crippen LogP contribution in [0.1, 0.15) is 31.9 Å². The number of benzene rings is 2. The van der Waals surface area contributed by atoms with E-state index in [1.807, 2.05) is 12.1 Å². The van der Waals surface area contributed by atoms with Gasteiger partial charge in [0.1, 0.15) is 16.5 Å². The number of hydrogen-bond donors (Lipinski definition) is 1. The molecule has 0 fully saturated rings. The summed E-state index contributed by atoms with van der Waals surface area (Å²) in [7, 11) is 0. The predicted molar refractivity (Wildman–Crippen MR) is 92.6 cm³/mol. The normalized spacial score (nSPS) is 11.2. The molecule has 2 aromatic carbocycles. The molecule has 0 unspecified atom stereocenters. The lowest BCUT2D eigenvalue weighted by Gasteiger charge is -2.19. The Hall–Kier alpha value is -1.58. The van der Waals surface area contributed by atoms with Crippen LogP contribution in [0.25, 0.3) is 0 Å². The Bertz CT molecular complexity index is 659. The Morgan fingerprint density at radius 3 is 2.10 bits per heavy atom. The standard InChI is InChI=1S/C17H18ClNOS/c1-17(2,3)11-4-6-12(7-5-11)20-13-8-9-14(16(19)21)15(18)10-13/h4-10H,1-3H3,(H2,19,21). The van der Waals surface area contributed by atoms with Gasteiger partial charge in [-0.15, -0.1) is 0 Å². The van der Waals surface area contributed by atoms with E-state index in [9.17, 15) is 0 Å². The fraction of sp³-hybridized carbons (Fsp3) is 0.235. The Morgan fingerprint density at radius 1 is 1.05 bits per heavy atom. The maximum atomic E-state index is 6.13. The minimum absolute atomic E-state index is 0.125. The van der Waals surface area contributed by atoms with Crippen molar-refractivity contribution in [3.05, 3.63) is 58.6 Å².